The van der Waals surface area contributed by atoms with E-state index in [9.17, 15) is 9.18 Å². The third-order valence-corrected chi connectivity index (χ3v) is 2.63. The first-order valence-electron chi connectivity index (χ1n) is 5.75. The molecule has 2 aromatic carbocycles. The number of amides is 1. The fourth-order valence-electron chi connectivity index (χ4n) is 1.62. The molecule has 5 nitrogen and oxygen atoms in total. The smallest absolute Gasteiger partial charge is 0.255 e. The summed E-state index contributed by atoms with van der Waals surface area (Å²) in [7, 11) is 0. The number of halogens is 1. The molecule has 0 fully saturated rings. The highest BCUT2D eigenvalue weighted by Gasteiger charge is 2.07. The van der Waals surface area contributed by atoms with Gasteiger partial charge in [0.1, 0.15) is 5.82 Å². The molecule has 0 aliphatic carbocycles. The summed E-state index contributed by atoms with van der Waals surface area (Å²) >= 11 is 0. The van der Waals surface area contributed by atoms with Crippen molar-refractivity contribution in [2.24, 2.45) is 10.9 Å². The number of nitrogens with zero attached hydrogens (tertiary/aromatic N) is 1. The van der Waals surface area contributed by atoms with Crippen molar-refractivity contribution in [2.45, 2.75) is 0 Å². The van der Waals surface area contributed by atoms with Crippen LogP contribution in [-0.4, -0.2) is 17.0 Å². The highest BCUT2D eigenvalue weighted by molar-refractivity contribution is 6.05. The highest BCUT2D eigenvalue weighted by atomic mass is 19.1. The number of oxime groups is 1. The number of rotatable bonds is 3. The lowest BCUT2D eigenvalue weighted by atomic mass is 10.1. The predicted molar refractivity (Wildman–Crippen MR) is 73.3 cm³/mol. The second-order valence-electron chi connectivity index (χ2n) is 4.03. The van der Waals surface area contributed by atoms with Gasteiger partial charge in [-0.1, -0.05) is 17.3 Å². The van der Waals surface area contributed by atoms with Crippen molar-refractivity contribution in [3.63, 3.8) is 0 Å². The monoisotopic (exact) mass is 273 g/mol. The average Bonchev–Trinajstić information content (AvgIpc) is 2.47. The summed E-state index contributed by atoms with van der Waals surface area (Å²) in [6.45, 7) is 0. The minimum absolute atomic E-state index is 0.0529. The first kappa shape index (κ1) is 13.5. The Morgan fingerprint density at radius 3 is 2.50 bits per heavy atom. The van der Waals surface area contributed by atoms with Crippen molar-refractivity contribution in [2.75, 3.05) is 5.32 Å². The van der Waals surface area contributed by atoms with E-state index in [1.165, 1.54) is 24.3 Å². The number of nitrogens with two attached hydrogens (primary N) is 1. The van der Waals surface area contributed by atoms with Crippen LogP contribution in [-0.2, 0) is 0 Å². The second-order valence-corrected chi connectivity index (χ2v) is 4.03. The van der Waals surface area contributed by atoms with Crippen molar-refractivity contribution >= 4 is 17.4 Å². The number of nitrogens with one attached hydrogen (secondary N) is 1. The number of carbonyl (C=O) groups is 1. The Morgan fingerprint density at radius 2 is 1.85 bits per heavy atom. The third-order valence-electron chi connectivity index (χ3n) is 2.63. The zero-order valence-corrected chi connectivity index (χ0v) is 10.4. The van der Waals surface area contributed by atoms with Gasteiger partial charge < -0.3 is 16.3 Å². The molecule has 0 saturated heterocycles. The van der Waals surface area contributed by atoms with Crippen LogP contribution in [0.5, 0.6) is 0 Å². The van der Waals surface area contributed by atoms with E-state index in [-0.39, 0.29) is 11.7 Å². The molecule has 0 unspecified atom stereocenters. The van der Waals surface area contributed by atoms with Crippen molar-refractivity contribution < 1.29 is 14.4 Å². The maximum absolute atomic E-state index is 12.8. The highest BCUT2D eigenvalue weighted by Crippen LogP contribution is 2.12. The van der Waals surface area contributed by atoms with E-state index in [0.717, 1.165) is 0 Å². The summed E-state index contributed by atoms with van der Waals surface area (Å²) in [4.78, 5) is 11.9. The minimum atomic E-state index is -0.407. The van der Waals surface area contributed by atoms with Gasteiger partial charge in [-0.3, -0.25) is 4.79 Å². The molecule has 0 bridgehead atoms. The Hall–Kier alpha value is -2.89. The summed E-state index contributed by atoms with van der Waals surface area (Å²) in [6, 6.07) is 11.7. The van der Waals surface area contributed by atoms with E-state index in [1.54, 1.807) is 24.3 Å². The topological polar surface area (TPSA) is 87.7 Å². The van der Waals surface area contributed by atoms with Crippen LogP contribution in [0.2, 0.25) is 0 Å². The van der Waals surface area contributed by atoms with E-state index in [0.29, 0.717) is 16.8 Å². The second kappa shape index (κ2) is 5.83. The fourth-order valence-corrected chi connectivity index (χ4v) is 1.62. The molecular weight excluding hydrogens is 261 g/mol. The molecule has 0 radical (unpaired) electrons. The van der Waals surface area contributed by atoms with Gasteiger partial charge in [0.15, 0.2) is 5.84 Å². The molecule has 0 atom stereocenters. The van der Waals surface area contributed by atoms with Crippen LogP contribution in [0.15, 0.2) is 53.7 Å². The van der Waals surface area contributed by atoms with Gasteiger partial charge in [0.05, 0.1) is 0 Å². The summed E-state index contributed by atoms with van der Waals surface area (Å²) in [5.74, 6) is -0.833. The quantitative estimate of drug-likeness (QED) is 0.346. The largest absolute Gasteiger partial charge is 0.409 e. The van der Waals surface area contributed by atoms with Crippen LogP contribution in [0.1, 0.15) is 15.9 Å². The van der Waals surface area contributed by atoms with Crippen molar-refractivity contribution in [1.82, 2.24) is 0 Å². The molecule has 2 rings (SSSR count). The molecule has 102 valence electrons. The van der Waals surface area contributed by atoms with Crippen molar-refractivity contribution in [3.05, 3.63) is 65.5 Å². The zero-order valence-electron chi connectivity index (χ0n) is 10.4. The van der Waals surface area contributed by atoms with Gasteiger partial charge in [0.2, 0.25) is 0 Å². The molecule has 6 heteroatoms. The van der Waals surface area contributed by atoms with Crippen LogP contribution in [0.25, 0.3) is 0 Å². The molecule has 0 heterocycles. The molecule has 2 aromatic rings. The standard InChI is InChI=1S/C14H12FN3O2/c15-11-6-4-9(5-7-11)14(19)17-12-3-1-2-10(8-12)13(16)18-20/h1-8,20H,(H2,16,18)(H,17,19). The van der Waals surface area contributed by atoms with Crippen LogP contribution in [0, 0.1) is 5.82 Å². The Labute approximate surface area is 114 Å². The van der Waals surface area contributed by atoms with Gasteiger partial charge in [-0.2, -0.15) is 0 Å². The fraction of sp³-hybridized carbons (Fsp3) is 0. The first-order valence-corrected chi connectivity index (χ1v) is 5.75. The molecule has 4 N–H and O–H groups in total. The lowest BCUT2D eigenvalue weighted by Gasteiger charge is -2.07. The lowest BCUT2D eigenvalue weighted by Crippen LogP contribution is -2.15. The van der Waals surface area contributed by atoms with Crippen LogP contribution >= 0.6 is 0 Å². The van der Waals surface area contributed by atoms with Crippen molar-refractivity contribution in [3.8, 4) is 0 Å². The summed E-state index contributed by atoms with van der Waals surface area (Å²) < 4.78 is 12.8. The Kier molecular flexibility index (Phi) is 3.95. The Bertz CT molecular complexity index is 654. The average molecular weight is 273 g/mol. The van der Waals surface area contributed by atoms with Crippen LogP contribution in [0.4, 0.5) is 10.1 Å². The maximum Gasteiger partial charge on any atom is 0.255 e. The number of amidine groups is 1. The molecule has 0 aliphatic heterocycles. The molecule has 0 spiro atoms. The summed E-state index contributed by atoms with van der Waals surface area (Å²) in [5.41, 5.74) is 6.77. The van der Waals surface area contributed by atoms with Gasteiger partial charge in [0, 0.05) is 16.8 Å². The zero-order chi connectivity index (χ0) is 14.5. The molecule has 1 amide bonds. The van der Waals surface area contributed by atoms with E-state index in [4.69, 9.17) is 10.9 Å². The molecular formula is C14H12FN3O2. The van der Waals surface area contributed by atoms with E-state index < -0.39 is 5.82 Å². The number of hydrogen-bond acceptors (Lipinski definition) is 3. The molecule has 0 aromatic heterocycles. The lowest BCUT2D eigenvalue weighted by molar-refractivity contribution is 0.102. The first-order chi connectivity index (χ1) is 9.60. The molecule has 0 saturated carbocycles. The number of anilines is 1. The van der Waals surface area contributed by atoms with Crippen molar-refractivity contribution in [1.29, 1.82) is 0 Å². The van der Waals surface area contributed by atoms with Gasteiger partial charge >= 0.3 is 0 Å². The minimum Gasteiger partial charge on any atom is -0.409 e. The van der Waals surface area contributed by atoms with Gasteiger partial charge in [-0.15, -0.1) is 0 Å². The van der Waals surface area contributed by atoms with Crippen LogP contribution in [0.3, 0.4) is 0 Å². The Morgan fingerprint density at radius 1 is 1.15 bits per heavy atom. The predicted octanol–water partition coefficient (Wildman–Crippen LogP) is 2.17. The summed E-state index contributed by atoms with van der Waals surface area (Å²) in [5, 5.41) is 14.1. The summed E-state index contributed by atoms with van der Waals surface area (Å²) in [6.07, 6.45) is 0. The van der Waals surface area contributed by atoms with Gasteiger partial charge in [0.25, 0.3) is 5.91 Å². The molecule has 0 aliphatic rings. The van der Waals surface area contributed by atoms with E-state index in [2.05, 4.69) is 10.5 Å². The third kappa shape index (κ3) is 3.11. The number of benzene rings is 2. The van der Waals surface area contributed by atoms with E-state index >= 15 is 0 Å². The Balaban J connectivity index is 2.17. The SMILES string of the molecule is N/C(=N/O)c1cccc(NC(=O)c2ccc(F)cc2)c1. The van der Waals surface area contributed by atoms with Crippen LogP contribution < -0.4 is 11.1 Å². The number of hydrogen-bond donors (Lipinski definition) is 3. The van der Waals surface area contributed by atoms with Gasteiger partial charge in [-0.05, 0) is 36.4 Å². The van der Waals surface area contributed by atoms with E-state index in [1.807, 2.05) is 0 Å². The number of carbonyl (C=O) groups excluding carboxylic acids is 1. The maximum atomic E-state index is 12.8. The molecule has 20 heavy (non-hydrogen) atoms. The van der Waals surface area contributed by atoms with Gasteiger partial charge in [-0.25, -0.2) is 4.39 Å². The normalized spacial score (nSPS) is 11.2.